The number of carbonyl (C=O) groups is 2. The first-order chi connectivity index (χ1) is 14.1. The molecule has 0 saturated carbocycles. The van der Waals surface area contributed by atoms with Crippen LogP contribution in [-0.2, 0) is 20.7 Å². The summed E-state index contributed by atoms with van der Waals surface area (Å²) in [7, 11) is 0. The third kappa shape index (κ3) is 4.66. The maximum Gasteiger partial charge on any atom is 0.290 e. The minimum Gasteiger partial charge on any atom is -0.483 e. The highest BCUT2D eigenvalue weighted by molar-refractivity contribution is 7.98. The highest BCUT2D eigenvalue weighted by atomic mass is 32.2. The van der Waals surface area contributed by atoms with Crippen molar-refractivity contribution in [2.75, 3.05) is 36.5 Å². The lowest BCUT2D eigenvalue weighted by molar-refractivity contribution is -0.123. The first-order valence-electron chi connectivity index (χ1n) is 10.1. The van der Waals surface area contributed by atoms with E-state index in [1.807, 2.05) is 18.6 Å². The number of rotatable bonds is 7. The molecular formula is C20H30N4O4S. The van der Waals surface area contributed by atoms with E-state index in [0.29, 0.717) is 24.4 Å². The lowest BCUT2D eigenvalue weighted by Crippen LogP contribution is -2.41. The van der Waals surface area contributed by atoms with E-state index in [1.165, 1.54) is 0 Å². The van der Waals surface area contributed by atoms with E-state index in [4.69, 9.17) is 14.6 Å². The van der Waals surface area contributed by atoms with Gasteiger partial charge in [0.2, 0.25) is 11.9 Å². The van der Waals surface area contributed by atoms with Crippen molar-refractivity contribution in [2.24, 2.45) is 11.8 Å². The number of nitrogens with one attached hydrogen (secondary N) is 1. The molecule has 3 aliphatic rings. The Morgan fingerprint density at radius 3 is 2.86 bits per heavy atom. The second kappa shape index (κ2) is 9.75. The van der Waals surface area contributed by atoms with Gasteiger partial charge in [-0.05, 0) is 31.1 Å². The fourth-order valence-corrected chi connectivity index (χ4v) is 5.21. The van der Waals surface area contributed by atoms with Crippen molar-refractivity contribution >= 4 is 30.1 Å². The molecule has 4 rings (SSSR count). The molecule has 1 amide bonds. The molecule has 0 aliphatic carbocycles. The number of carboxylic acid groups (broad SMARTS) is 1. The van der Waals surface area contributed by atoms with Crippen molar-refractivity contribution in [1.82, 2.24) is 15.3 Å². The van der Waals surface area contributed by atoms with Gasteiger partial charge >= 0.3 is 0 Å². The molecule has 0 aromatic carbocycles. The van der Waals surface area contributed by atoms with Crippen LogP contribution in [-0.4, -0.2) is 70.8 Å². The third-order valence-electron chi connectivity index (χ3n) is 6.23. The van der Waals surface area contributed by atoms with E-state index >= 15 is 0 Å². The van der Waals surface area contributed by atoms with Gasteiger partial charge in [0, 0.05) is 49.5 Å². The number of aryl methyl sites for hydroxylation is 1. The summed E-state index contributed by atoms with van der Waals surface area (Å²) >= 11 is 1.71. The molecule has 1 spiro atoms. The Hall–Kier alpha value is -1.87. The Labute approximate surface area is 175 Å². The number of amides is 1. The molecule has 2 N–H and O–H groups in total. The van der Waals surface area contributed by atoms with E-state index in [0.717, 1.165) is 56.2 Å². The third-order valence-corrected chi connectivity index (χ3v) is 6.85. The first-order valence-corrected chi connectivity index (χ1v) is 11.5. The number of carbonyl (C=O) groups excluding carboxylic acids is 1. The Morgan fingerprint density at radius 2 is 2.21 bits per heavy atom. The van der Waals surface area contributed by atoms with Gasteiger partial charge in [-0.1, -0.05) is 6.92 Å². The van der Waals surface area contributed by atoms with E-state index in [2.05, 4.69) is 27.1 Å². The molecule has 9 heteroatoms. The Kier molecular flexibility index (Phi) is 7.34. The largest absolute Gasteiger partial charge is 0.483 e. The molecule has 1 aromatic heterocycles. The van der Waals surface area contributed by atoms with Gasteiger partial charge in [0.25, 0.3) is 6.47 Å². The zero-order chi connectivity index (χ0) is 20.9. The van der Waals surface area contributed by atoms with Crippen LogP contribution in [0.4, 0.5) is 5.95 Å². The van der Waals surface area contributed by atoms with Crippen LogP contribution in [0, 0.1) is 11.8 Å². The predicted molar refractivity (Wildman–Crippen MR) is 112 cm³/mol. The summed E-state index contributed by atoms with van der Waals surface area (Å²) in [6.07, 6.45) is 9.95. The second-order valence-corrected chi connectivity index (χ2v) is 8.79. The fraction of sp³-hybridized carbons (Fsp3) is 0.700. The van der Waals surface area contributed by atoms with Gasteiger partial charge in [0.1, 0.15) is 0 Å². The van der Waals surface area contributed by atoms with Crippen LogP contribution in [0.1, 0.15) is 31.7 Å². The minimum absolute atomic E-state index is 0.0634. The number of aromatic nitrogens is 2. The van der Waals surface area contributed by atoms with Crippen molar-refractivity contribution in [3.63, 3.8) is 0 Å². The topological polar surface area (TPSA) is 105 Å². The first kappa shape index (κ1) is 21.8. The molecule has 3 saturated heterocycles. The number of ether oxygens (including phenoxy) is 1. The molecular weight excluding hydrogens is 392 g/mol. The normalized spacial score (nSPS) is 29.2. The second-order valence-electron chi connectivity index (χ2n) is 7.81. The van der Waals surface area contributed by atoms with Crippen LogP contribution in [0.15, 0.2) is 12.4 Å². The van der Waals surface area contributed by atoms with Crippen LogP contribution >= 0.6 is 11.8 Å². The van der Waals surface area contributed by atoms with Crippen molar-refractivity contribution in [3.8, 4) is 0 Å². The highest BCUT2D eigenvalue weighted by Crippen LogP contribution is 2.54. The molecule has 1 aromatic rings. The summed E-state index contributed by atoms with van der Waals surface area (Å²) in [5, 5.41) is 10.0. The average Bonchev–Trinajstić information content (AvgIpc) is 3.40. The van der Waals surface area contributed by atoms with E-state index in [1.54, 1.807) is 11.8 Å². The van der Waals surface area contributed by atoms with Crippen LogP contribution in [0.2, 0.25) is 0 Å². The van der Waals surface area contributed by atoms with Crippen LogP contribution in [0.25, 0.3) is 0 Å². The summed E-state index contributed by atoms with van der Waals surface area (Å²) in [5.74, 6) is 2.70. The summed E-state index contributed by atoms with van der Waals surface area (Å²) < 4.78 is 6.45. The Balaban J connectivity index is 0.000000755. The maximum atomic E-state index is 12.0. The molecule has 0 radical (unpaired) electrons. The summed E-state index contributed by atoms with van der Waals surface area (Å²) in [6, 6.07) is 0. The summed E-state index contributed by atoms with van der Waals surface area (Å²) in [6.45, 7) is 4.39. The molecule has 3 fully saturated rings. The monoisotopic (exact) mass is 422 g/mol. The molecule has 160 valence electrons. The van der Waals surface area contributed by atoms with Gasteiger partial charge < -0.3 is 20.1 Å². The van der Waals surface area contributed by atoms with Gasteiger partial charge in [-0.25, -0.2) is 9.97 Å². The molecule has 3 aliphatic heterocycles. The SMILES string of the molecule is CCc1cnc(N2C[C@@H]3[C@H](CNC(=O)CCSC)[C@H]4CC[C@]3(C2)O4)nc1.O=CO. The van der Waals surface area contributed by atoms with Crippen LogP contribution in [0.5, 0.6) is 0 Å². The van der Waals surface area contributed by atoms with Crippen LogP contribution in [0.3, 0.4) is 0 Å². The zero-order valence-electron chi connectivity index (χ0n) is 17.0. The number of anilines is 1. The zero-order valence-corrected chi connectivity index (χ0v) is 17.9. The number of fused-ring (bicyclic) bond motifs is 1. The van der Waals surface area contributed by atoms with E-state index < -0.39 is 0 Å². The standard InChI is InChI=1S/C19H28N4O2S.CH2O2/c1-3-13-8-21-18(22-9-13)23-11-15-14(10-20-17(24)5-7-26-2)16-4-6-19(15,12-23)25-16;2-1-3/h8-9,14-16H,3-7,10-12H2,1-2H3,(H,20,24);1H,(H,2,3)/t14-,15+,16+,19+;/m0./s1. The summed E-state index contributed by atoms with van der Waals surface area (Å²) in [4.78, 5) is 31.8. The highest BCUT2D eigenvalue weighted by Gasteiger charge is 2.63. The van der Waals surface area contributed by atoms with Crippen molar-refractivity contribution in [2.45, 2.75) is 44.3 Å². The molecule has 29 heavy (non-hydrogen) atoms. The van der Waals surface area contributed by atoms with E-state index in [-0.39, 0.29) is 18.0 Å². The Bertz CT molecular complexity index is 704. The molecule has 8 nitrogen and oxygen atoms in total. The number of nitrogens with zero attached hydrogens (tertiary/aromatic N) is 3. The summed E-state index contributed by atoms with van der Waals surface area (Å²) in [5.41, 5.74) is 1.10. The fourth-order valence-electron chi connectivity index (χ4n) is 4.82. The van der Waals surface area contributed by atoms with Gasteiger partial charge in [0.05, 0.1) is 18.2 Å². The molecule has 2 bridgehead atoms. The number of hydrogen-bond donors (Lipinski definition) is 2. The smallest absolute Gasteiger partial charge is 0.290 e. The molecule has 4 heterocycles. The van der Waals surface area contributed by atoms with Gasteiger partial charge in [-0.15, -0.1) is 0 Å². The van der Waals surface area contributed by atoms with E-state index in [9.17, 15) is 4.79 Å². The van der Waals surface area contributed by atoms with Crippen LogP contribution < -0.4 is 10.2 Å². The molecule has 4 atom stereocenters. The molecule has 0 unspecified atom stereocenters. The maximum absolute atomic E-state index is 12.0. The van der Waals surface area contributed by atoms with Gasteiger partial charge in [-0.3, -0.25) is 9.59 Å². The number of hydrogen-bond acceptors (Lipinski definition) is 7. The van der Waals surface area contributed by atoms with Gasteiger partial charge in [-0.2, -0.15) is 11.8 Å². The lowest BCUT2D eigenvalue weighted by atomic mass is 9.73. The van der Waals surface area contributed by atoms with Crippen molar-refractivity contribution < 1.29 is 19.4 Å². The average molecular weight is 423 g/mol. The van der Waals surface area contributed by atoms with Crippen molar-refractivity contribution in [3.05, 3.63) is 18.0 Å². The predicted octanol–water partition coefficient (Wildman–Crippen LogP) is 1.59. The van der Waals surface area contributed by atoms with Gasteiger partial charge in [0.15, 0.2) is 0 Å². The lowest BCUT2D eigenvalue weighted by Gasteiger charge is -2.29. The number of thioether (sulfide) groups is 1. The Morgan fingerprint density at radius 1 is 1.48 bits per heavy atom. The van der Waals surface area contributed by atoms with Crippen molar-refractivity contribution in [1.29, 1.82) is 0 Å². The minimum atomic E-state index is -0.250. The quantitative estimate of drug-likeness (QED) is 0.639.